The van der Waals surface area contributed by atoms with Gasteiger partial charge < -0.3 is 15.2 Å². The van der Waals surface area contributed by atoms with Gasteiger partial charge in [0, 0.05) is 19.2 Å². The van der Waals surface area contributed by atoms with Crippen molar-refractivity contribution in [1.82, 2.24) is 5.32 Å². The lowest BCUT2D eigenvalue weighted by Gasteiger charge is -2.29. The Labute approximate surface area is 99.6 Å². The molecule has 3 nitrogen and oxygen atoms in total. The third kappa shape index (κ3) is 4.04. The minimum absolute atomic E-state index is 0.0442. The Bertz CT molecular complexity index is 195. The van der Waals surface area contributed by atoms with E-state index >= 15 is 0 Å². The number of hydrogen-bond donors (Lipinski definition) is 2. The highest BCUT2D eigenvalue weighted by Gasteiger charge is 2.27. The maximum absolute atomic E-state index is 9.98. The van der Waals surface area contributed by atoms with Crippen LogP contribution in [0.5, 0.6) is 0 Å². The van der Waals surface area contributed by atoms with Crippen molar-refractivity contribution in [3.63, 3.8) is 0 Å². The fraction of sp³-hybridized carbons (Fsp3) is 1.00. The van der Waals surface area contributed by atoms with E-state index in [4.69, 9.17) is 4.74 Å². The largest absolute Gasteiger partial charge is 0.391 e. The predicted octanol–water partition coefficient (Wildman–Crippen LogP) is 1.80. The van der Waals surface area contributed by atoms with Gasteiger partial charge in [-0.15, -0.1) is 0 Å². The summed E-state index contributed by atoms with van der Waals surface area (Å²) in [6.07, 6.45) is 1.96. The molecule has 1 aliphatic rings. The summed E-state index contributed by atoms with van der Waals surface area (Å²) in [5.41, 5.74) is -0.0442. The summed E-state index contributed by atoms with van der Waals surface area (Å²) >= 11 is 0. The Balaban J connectivity index is 2.33. The average Bonchev–Trinajstić information content (AvgIpc) is 2.70. The summed E-state index contributed by atoms with van der Waals surface area (Å²) in [4.78, 5) is 0. The summed E-state index contributed by atoms with van der Waals surface area (Å²) in [7, 11) is 0. The fourth-order valence-electron chi connectivity index (χ4n) is 2.08. The molecular weight excluding hydrogens is 202 g/mol. The molecule has 0 aliphatic carbocycles. The molecule has 2 N–H and O–H groups in total. The molecule has 0 amide bonds. The first-order chi connectivity index (χ1) is 7.45. The molecule has 0 spiro atoms. The van der Waals surface area contributed by atoms with E-state index in [0.29, 0.717) is 18.5 Å². The summed E-state index contributed by atoms with van der Waals surface area (Å²) in [5.74, 6) is 0.622. The van der Waals surface area contributed by atoms with Crippen LogP contribution in [0.2, 0.25) is 0 Å². The molecule has 1 saturated heterocycles. The van der Waals surface area contributed by atoms with E-state index in [0.717, 1.165) is 26.1 Å². The maximum Gasteiger partial charge on any atom is 0.0712 e. The molecule has 3 atom stereocenters. The van der Waals surface area contributed by atoms with E-state index in [1.807, 2.05) is 0 Å². The standard InChI is InChI=1S/C13H27NO2/c1-5-11(10-6-7-16-9-10)14-8-12(15)13(2,3)4/h10-12,14-15H,5-9H2,1-4H3. The van der Waals surface area contributed by atoms with Crippen LogP contribution in [0, 0.1) is 11.3 Å². The van der Waals surface area contributed by atoms with Crippen LogP contribution in [0.3, 0.4) is 0 Å². The van der Waals surface area contributed by atoms with Gasteiger partial charge in [-0.3, -0.25) is 0 Å². The highest BCUT2D eigenvalue weighted by molar-refractivity contribution is 4.82. The second kappa shape index (κ2) is 5.99. The third-order valence-corrected chi connectivity index (χ3v) is 3.55. The molecule has 0 aromatic carbocycles. The average molecular weight is 229 g/mol. The molecule has 3 heteroatoms. The number of rotatable bonds is 5. The highest BCUT2D eigenvalue weighted by Crippen LogP contribution is 2.21. The van der Waals surface area contributed by atoms with Crippen LogP contribution in [-0.2, 0) is 4.74 Å². The smallest absolute Gasteiger partial charge is 0.0712 e. The second-order valence-electron chi connectivity index (χ2n) is 5.93. The Hall–Kier alpha value is -0.120. The van der Waals surface area contributed by atoms with Crippen molar-refractivity contribution in [2.75, 3.05) is 19.8 Å². The Morgan fingerprint density at radius 3 is 2.56 bits per heavy atom. The van der Waals surface area contributed by atoms with E-state index < -0.39 is 0 Å². The quantitative estimate of drug-likeness (QED) is 0.755. The van der Waals surface area contributed by atoms with Crippen LogP contribution >= 0.6 is 0 Å². The van der Waals surface area contributed by atoms with Crippen molar-refractivity contribution < 1.29 is 9.84 Å². The lowest BCUT2D eigenvalue weighted by molar-refractivity contribution is 0.0575. The van der Waals surface area contributed by atoms with Gasteiger partial charge in [-0.25, -0.2) is 0 Å². The first kappa shape index (κ1) is 13.9. The van der Waals surface area contributed by atoms with Crippen molar-refractivity contribution in [3.8, 4) is 0 Å². The molecule has 0 bridgehead atoms. The van der Waals surface area contributed by atoms with Gasteiger partial charge in [-0.2, -0.15) is 0 Å². The van der Waals surface area contributed by atoms with E-state index in [1.54, 1.807) is 0 Å². The zero-order valence-corrected chi connectivity index (χ0v) is 11.1. The van der Waals surface area contributed by atoms with Gasteiger partial charge >= 0.3 is 0 Å². The first-order valence-electron chi connectivity index (χ1n) is 6.44. The zero-order chi connectivity index (χ0) is 12.2. The van der Waals surface area contributed by atoms with Crippen molar-refractivity contribution >= 4 is 0 Å². The lowest BCUT2D eigenvalue weighted by atomic mass is 9.88. The highest BCUT2D eigenvalue weighted by atomic mass is 16.5. The van der Waals surface area contributed by atoms with Gasteiger partial charge in [0.25, 0.3) is 0 Å². The monoisotopic (exact) mass is 229 g/mol. The molecule has 0 radical (unpaired) electrons. The number of ether oxygens (including phenoxy) is 1. The van der Waals surface area contributed by atoms with Gasteiger partial charge in [-0.1, -0.05) is 27.7 Å². The van der Waals surface area contributed by atoms with Crippen molar-refractivity contribution in [1.29, 1.82) is 0 Å². The zero-order valence-electron chi connectivity index (χ0n) is 11.1. The van der Waals surface area contributed by atoms with E-state index in [-0.39, 0.29) is 11.5 Å². The Morgan fingerprint density at radius 1 is 1.44 bits per heavy atom. The molecule has 1 rings (SSSR count). The summed E-state index contributed by atoms with van der Waals surface area (Å²) in [6, 6.07) is 0.486. The Morgan fingerprint density at radius 2 is 2.12 bits per heavy atom. The molecule has 16 heavy (non-hydrogen) atoms. The molecular formula is C13H27NO2. The van der Waals surface area contributed by atoms with Gasteiger partial charge in [0.1, 0.15) is 0 Å². The summed E-state index contributed by atoms with van der Waals surface area (Å²) in [6.45, 7) is 10.8. The van der Waals surface area contributed by atoms with Crippen molar-refractivity contribution in [2.45, 2.75) is 52.7 Å². The van der Waals surface area contributed by atoms with Gasteiger partial charge in [0.2, 0.25) is 0 Å². The number of nitrogens with one attached hydrogen (secondary N) is 1. The predicted molar refractivity (Wildman–Crippen MR) is 66.5 cm³/mol. The van der Waals surface area contributed by atoms with Crippen LogP contribution in [0.25, 0.3) is 0 Å². The van der Waals surface area contributed by atoms with Crippen LogP contribution in [0.1, 0.15) is 40.5 Å². The van der Waals surface area contributed by atoms with E-state index in [1.165, 1.54) is 0 Å². The topological polar surface area (TPSA) is 41.5 Å². The molecule has 96 valence electrons. The number of aliphatic hydroxyl groups is 1. The normalized spacial score (nSPS) is 25.7. The molecule has 0 aromatic rings. The van der Waals surface area contributed by atoms with Crippen LogP contribution < -0.4 is 5.32 Å². The molecule has 0 saturated carbocycles. The first-order valence-corrected chi connectivity index (χ1v) is 6.44. The molecule has 1 aliphatic heterocycles. The van der Waals surface area contributed by atoms with E-state index in [9.17, 15) is 5.11 Å². The van der Waals surface area contributed by atoms with Gasteiger partial charge in [-0.05, 0) is 24.2 Å². The van der Waals surface area contributed by atoms with Crippen molar-refractivity contribution in [2.24, 2.45) is 11.3 Å². The molecule has 0 aromatic heterocycles. The lowest BCUT2D eigenvalue weighted by Crippen LogP contribution is -2.44. The second-order valence-corrected chi connectivity index (χ2v) is 5.93. The SMILES string of the molecule is CCC(NCC(O)C(C)(C)C)C1CCOC1. The minimum Gasteiger partial charge on any atom is -0.391 e. The fourth-order valence-corrected chi connectivity index (χ4v) is 2.08. The van der Waals surface area contributed by atoms with Crippen LogP contribution in [-0.4, -0.2) is 37.0 Å². The molecule has 1 fully saturated rings. The maximum atomic E-state index is 9.98. The minimum atomic E-state index is -0.288. The van der Waals surface area contributed by atoms with Crippen LogP contribution in [0.15, 0.2) is 0 Å². The molecule has 3 unspecified atom stereocenters. The van der Waals surface area contributed by atoms with Crippen LogP contribution in [0.4, 0.5) is 0 Å². The summed E-state index contributed by atoms with van der Waals surface area (Å²) < 4.78 is 5.41. The Kier molecular flexibility index (Phi) is 5.22. The van der Waals surface area contributed by atoms with E-state index in [2.05, 4.69) is 33.0 Å². The number of hydrogen-bond acceptors (Lipinski definition) is 3. The van der Waals surface area contributed by atoms with Gasteiger partial charge in [0.15, 0.2) is 0 Å². The number of aliphatic hydroxyl groups excluding tert-OH is 1. The summed E-state index contributed by atoms with van der Waals surface area (Å²) in [5, 5.41) is 13.5. The molecule has 1 heterocycles. The van der Waals surface area contributed by atoms with Crippen molar-refractivity contribution in [3.05, 3.63) is 0 Å². The van der Waals surface area contributed by atoms with Gasteiger partial charge in [0.05, 0.1) is 12.7 Å². The third-order valence-electron chi connectivity index (χ3n) is 3.55.